The van der Waals surface area contributed by atoms with Crippen molar-refractivity contribution in [2.45, 2.75) is 38.3 Å². The largest absolute Gasteiger partial charge is 0.493 e. The molecule has 1 aliphatic rings. The van der Waals surface area contributed by atoms with E-state index in [-0.39, 0.29) is 24.0 Å². The van der Waals surface area contributed by atoms with Gasteiger partial charge < -0.3 is 20.5 Å². The van der Waals surface area contributed by atoms with Crippen molar-refractivity contribution in [1.82, 2.24) is 0 Å². The lowest BCUT2D eigenvalue weighted by atomic mass is 10.2. The zero-order chi connectivity index (χ0) is 17.5. The highest BCUT2D eigenvalue weighted by atomic mass is 127. The van der Waals surface area contributed by atoms with E-state index in [1.807, 2.05) is 48.5 Å². The van der Waals surface area contributed by atoms with Crippen LogP contribution in [0.3, 0.4) is 0 Å². The Kier molecular flexibility index (Phi) is 8.03. The second kappa shape index (κ2) is 10.3. The van der Waals surface area contributed by atoms with Crippen LogP contribution in [0, 0.1) is 0 Å². The number of rotatable bonds is 6. The molecule has 5 nitrogen and oxygen atoms in total. The summed E-state index contributed by atoms with van der Waals surface area (Å²) in [6, 6.07) is 15.7. The summed E-state index contributed by atoms with van der Waals surface area (Å²) >= 11 is 0. The van der Waals surface area contributed by atoms with E-state index in [9.17, 15) is 0 Å². The van der Waals surface area contributed by atoms with Crippen molar-refractivity contribution in [3.8, 4) is 11.5 Å². The van der Waals surface area contributed by atoms with Gasteiger partial charge >= 0.3 is 0 Å². The van der Waals surface area contributed by atoms with Crippen LogP contribution in [0.25, 0.3) is 0 Å². The van der Waals surface area contributed by atoms with Crippen LogP contribution < -0.4 is 20.5 Å². The molecule has 0 saturated heterocycles. The number of anilines is 1. The highest BCUT2D eigenvalue weighted by Gasteiger charge is 2.18. The zero-order valence-corrected chi connectivity index (χ0v) is 17.3. The third kappa shape index (κ3) is 5.79. The fourth-order valence-corrected chi connectivity index (χ4v) is 2.98. The molecule has 3 N–H and O–H groups in total. The van der Waals surface area contributed by atoms with Crippen LogP contribution in [0.1, 0.15) is 31.2 Å². The Bertz CT molecular complexity index is 716. The molecule has 0 spiro atoms. The standard InChI is InChI=1S/C20H25N3O2.HI/c1-24-19-13-15(11-12-18(19)25-17-9-5-6-10-17)14-22-20(21)23-16-7-3-2-4-8-16;/h2-4,7-8,11-13,17H,5-6,9-10,14H2,1H3,(H3,21,22,23);1H. The fourth-order valence-electron chi connectivity index (χ4n) is 2.98. The van der Waals surface area contributed by atoms with E-state index in [1.165, 1.54) is 12.8 Å². The van der Waals surface area contributed by atoms with Crippen LogP contribution >= 0.6 is 24.0 Å². The van der Waals surface area contributed by atoms with Crippen LogP contribution in [-0.4, -0.2) is 19.2 Å². The quantitative estimate of drug-likeness (QED) is 0.371. The summed E-state index contributed by atoms with van der Waals surface area (Å²) in [6.07, 6.45) is 5.04. The predicted molar refractivity (Wildman–Crippen MR) is 117 cm³/mol. The first-order valence-corrected chi connectivity index (χ1v) is 8.70. The molecule has 0 aromatic heterocycles. The second-order valence-corrected chi connectivity index (χ2v) is 6.20. The molecule has 0 bridgehead atoms. The first-order valence-electron chi connectivity index (χ1n) is 8.70. The number of hydrogen-bond donors (Lipinski definition) is 2. The molecule has 6 heteroatoms. The number of nitrogens with one attached hydrogen (secondary N) is 1. The van der Waals surface area contributed by atoms with Gasteiger partial charge in [0.25, 0.3) is 0 Å². The molecule has 0 amide bonds. The molecule has 1 aliphatic carbocycles. The highest BCUT2D eigenvalue weighted by Crippen LogP contribution is 2.32. The minimum absolute atomic E-state index is 0. The number of halogens is 1. The Morgan fingerprint density at radius 2 is 1.85 bits per heavy atom. The van der Waals surface area contributed by atoms with E-state index >= 15 is 0 Å². The molecular formula is C20H26IN3O2. The molecule has 1 saturated carbocycles. The molecule has 1 fully saturated rings. The van der Waals surface area contributed by atoms with Gasteiger partial charge in [-0.2, -0.15) is 0 Å². The second-order valence-electron chi connectivity index (χ2n) is 6.20. The van der Waals surface area contributed by atoms with Crippen LogP contribution in [0.2, 0.25) is 0 Å². The minimum atomic E-state index is 0. The third-order valence-corrected chi connectivity index (χ3v) is 4.30. The summed E-state index contributed by atoms with van der Waals surface area (Å²) in [4.78, 5) is 4.38. The monoisotopic (exact) mass is 467 g/mol. The Balaban J connectivity index is 0.00000243. The maximum atomic E-state index is 6.06. The van der Waals surface area contributed by atoms with Crippen molar-refractivity contribution in [1.29, 1.82) is 0 Å². The first kappa shape index (κ1) is 20.4. The van der Waals surface area contributed by atoms with Crippen LogP contribution in [0.15, 0.2) is 53.5 Å². The molecule has 0 heterocycles. The molecule has 26 heavy (non-hydrogen) atoms. The van der Waals surface area contributed by atoms with E-state index in [4.69, 9.17) is 15.2 Å². The number of para-hydroxylation sites is 1. The molecule has 2 aromatic rings. The Morgan fingerprint density at radius 1 is 1.12 bits per heavy atom. The summed E-state index contributed by atoms with van der Waals surface area (Å²) in [5, 5.41) is 3.07. The molecule has 0 unspecified atom stereocenters. The zero-order valence-electron chi connectivity index (χ0n) is 15.0. The molecule has 2 aromatic carbocycles. The van der Waals surface area contributed by atoms with Crippen molar-refractivity contribution in [3.05, 3.63) is 54.1 Å². The van der Waals surface area contributed by atoms with Crippen molar-refractivity contribution in [2.24, 2.45) is 10.7 Å². The summed E-state index contributed by atoms with van der Waals surface area (Å²) in [7, 11) is 1.66. The summed E-state index contributed by atoms with van der Waals surface area (Å²) < 4.78 is 11.5. The van der Waals surface area contributed by atoms with Crippen LogP contribution in [-0.2, 0) is 6.54 Å². The van der Waals surface area contributed by atoms with Gasteiger partial charge in [-0.1, -0.05) is 24.3 Å². The number of nitrogens with zero attached hydrogens (tertiary/aromatic N) is 1. The SMILES string of the molecule is COc1cc(CN=C(N)Nc2ccccc2)ccc1OC1CCCC1.I. The first-order chi connectivity index (χ1) is 12.2. The van der Waals surface area contributed by atoms with Gasteiger partial charge in [0.1, 0.15) is 0 Å². The lowest BCUT2D eigenvalue weighted by Crippen LogP contribution is -2.22. The van der Waals surface area contributed by atoms with Gasteiger partial charge in [-0.05, 0) is 55.5 Å². The smallest absolute Gasteiger partial charge is 0.193 e. The molecule has 3 rings (SSSR count). The van der Waals surface area contributed by atoms with Gasteiger partial charge in [0.05, 0.1) is 19.8 Å². The number of nitrogens with two attached hydrogens (primary N) is 1. The number of hydrogen-bond acceptors (Lipinski definition) is 3. The fraction of sp³-hybridized carbons (Fsp3) is 0.350. The molecular weight excluding hydrogens is 441 g/mol. The maximum absolute atomic E-state index is 6.06. The van der Waals surface area contributed by atoms with E-state index < -0.39 is 0 Å². The van der Waals surface area contributed by atoms with Crippen LogP contribution in [0.4, 0.5) is 5.69 Å². The Hall–Kier alpha value is -1.96. The van der Waals surface area contributed by atoms with Gasteiger partial charge in [-0.3, -0.25) is 0 Å². The average molecular weight is 467 g/mol. The molecule has 0 radical (unpaired) electrons. The maximum Gasteiger partial charge on any atom is 0.193 e. The Morgan fingerprint density at radius 3 is 2.54 bits per heavy atom. The van der Waals surface area contributed by atoms with Crippen molar-refractivity contribution in [3.63, 3.8) is 0 Å². The number of aliphatic imine (C=N–C) groups is 1. The van der Waals surface area contributed by atoms with Gasteiger partial charge in [-0.25, -0.2) is 4.99 Å². The van der Waals surface area contributed by atoms with Gasteiger partial charge in [0.2, 0.25) is 0 Å². The number of benzene rings is 2. The van der Waals surface area contributed by atoms with Crippen molar-refractivity contribution in [2.75, 3.05) is 12.4 Å². The van der Waals surface area contributed by atoms with Crippen molar-refractivity contribution >= 4 is 35.6 Å². The molecule has 0 atom stereocenters. The van der Waals surface area contributed by atoms with E-state index in [0.29, 0.717) is 18.6 Å². The summed E-state index contributed by atoms with van der Waals surface area (Å²) in [5.41, 5.74) is 7.89. The summed E-state index contributed by atoms with van der Waals surface area (Å²) in [6.45, 7) is 0.478. The summed E-state index contributed by atoms with van der Waals surface area (Å²) in [5.74, 6) is 1.93. The number of methoxy groups -OCH3 is 1. The van der Waals surface area contributed by atoms with E-state index in [2.05, 4.69) is 10.3 Å². The van der Waals surface area contributed by atoms with Crippen molar-refractivity contribution < 1.29 is 9.47 Å². The molecule has 0 aliphatic heterocycles. The number of ether oxygens (including phenoxy) is 2. The molecule has 140 valence electrons. The Labute approximate surface area is 172 Å². The lowest BCUT2D eigenvalue weighted by Gasteiger charge is -2.16. The lowest BCUT2D eigenvalue weighted by molar-refractivity contribution is 0.200. The average Bonchev–Trinajstić information content (AvgIpc) is 3.15. The van der Waals surface area contributed by atoms with Gasteiger partial charge in [0.15, 0.2) is 17.5 Å². The van der Waals surface area contributed by atoms with E-state index in [1.54, 1.807) is 7.11 Å². The predicted octanol–water partition coefficient (Wildman–Crippen LogP) is 4.56. The highest BCUT2D eigenvalue weighted by molar-refractivity contribution is 14.0. The van der Waals surface area contributed by atoms with Gasteiger partial charge in [-0.15, -0.1) is 24.0 Å². The normalized spacial score (nSPS) is 14.6. The van der Waals surface area contributed by atoms with Gasteiger partial charge in [0, 0.05) is 5.69 Å². The van der Waals surface area contributed by atoms with Crippen LogP contribution in [0.5, 0.6) is 11.5 Å². The topological polar surface area (TPSA) is 68.9 Å². The third-order valence-electron chi connectivity index (χ3n) is 4.30. The number of guanidine groups is 1. The minimum Gasteiger partial charge on any atom is -0.493 e. The van der Waals surface area contributed by atoms with E-state index in [0.717, 1.165) is 35.6 Å².